The Morgan fingerprint density at radius 1 is 1.10 bits per heavy atom. The van der Waals surface area contributed by atoms with Crippen molar-refractivity contribution >= 4 is 0 Å². The second kappa shape index (κ2) is 15.7. The fraction of sp³-hybridized carbons (Fsp3) is 1.00. The Morgan fingerprint density at radius 3 is 1.10 bits per heavy atom. The third kappa shape index (κ3) is 72.9. The van der Waals surface area contributed by atoms with E-state index in [1.165, 1.54) is 0 Å². The molecule has 0 bridgehead atoms. The van der Waals surface area contributed by atoms with Crippen LogP contribution in [-0.2, 0) is 0 Å². The standard InChI is InChI=1S/2CH4.HNO3.NO3/c;;2*2-1(3)4/h2*1H4;(H,2,3,4);/q;;;-1/p+4. The van der Waals surface area contributed by atoms with Crippen LogP contribution in [0.15, 0.2) is 0 Å². The monoisotopic (exact) mass is 161 g/mol. The second-order valence-electron chi connectivity index (χ2n) is 0.461. The van der Waals surface area contributed by atoms with Crippen molar-refractivity contribution in [2.45, 2.75) is 14.9 Å². The molecule has 0 aromatic heterocycles. The zero-order valence-electron chi connectivity index (χ0n) is 7.38. The van der Waals surface area contributed by atoms with E-state index < -0.39 is 10.2 Å². The second-order valence-corrected chi connectivity index (χ2v) is 0.461. The first-order valence-electron chi connectivity index (χ1n) is 1.11. The topological polar surface area (TPSA) is 130 Å². The number of hydrogen-bond acceptors (Lipinski definition) is 5. The van der Waals surface area contributed by atoms with E-state index in [9.17, 15) is 0 Å². The molecule has 8 nitrogen and oxygen atoms in total. The summed E-state index contributed by atoms with van der Waals surface area (Å²) >= 11 is 0. The number of nitrogens with zero attached hydrogens (tertiary/aromatic N) is 2. The van der Waals surface area contributed by atoms with Crippen LogP contribution >= 0.6 is 0 Å². The smallest absolute Gasteiger partial charge is 0.356 e. The summed E-state index contributed by atoms with van der Waals surface area (Å²) < 4.78 is 0. The lowest BCUT2D eigenvalue weighted by Crippen LogP contribution is -1.81. The van der Waals surface area contributed by atoms with Crippen LogP contribution < -0.4 is 0 Å². The van der Waals surface area contributed by atoms with E-state index in [0.29, 0.717) is 0 Å². The molecular formula is C2H13N2O6+3. The molecule has 0 spiro atoms. The highest BCUT2D eigenvalue weighted by Crippen LogP contribution is 1.44. The van der Waals surface area contributed by atoms with Crippen molar-refractivity contribution in [2.24, 2.45) is 0 Å². The molecule has 0 saturated heterocycles. The molecule has 0 rings (SSSR count). The molecular weight excluding hydrogens is 148 g/mol. The third-order valence-electron chi connectivity index (χ3n) is 0. The van der Waals surface area contributed by atoms with Crippen LogP contribution in [-0.4, -0.2) is 15.4 Å². The molecule has 0 radical (unpaired) electrons. The van der Waals surface area contributed by atoms with Gasteiger partial charge in [-0.1, -0.05) is 14.9 Å². The molecule has 0 aliphatic carbocycles. The summed E-state index contributed by atoms with van der Waals surface area (Å²) in [6.07, 6.45) is 0. The maximum atomic E-state index is 8.36. The molecule has 0 amide bonds. The van der Waals surface area contributed by atoms with Crippen molar-refractivity contribution in [2.75, 3.05) is 0 Å². The number of rotatable bonds is 0. The van der Waals surface area contributed by atoms with Gasteiger partial charge >= 0.3 is 5.71 Å². The molecule has 8 heteroatoms. The summed E-state index contributed by atoms with van der Waals surface area (Å²) in [4.78, 5) is 16.6. The van der Waals surface area contributed by atoms with Gasteiger partial charge in [0.15, 0.2) is 0 Å². The Hall–Kier alpha value is -1.60. The largest absolute Gasteiger partial charge is 1.00 e. The van der Waals surface area contributed by atoms with Gasteiger partial charge in [0.05, 0.1) is 5.09 Å². The lowest BCUT2D eigenvalue weighted by Gasteiger charge is -1.74. The molecule has 0 unspecified atom stereocenters. The molecule has 64 valence electrons. The maximum Gasteiger partial charge on any atom is 1.00 e. The molecule has 0 aliphatic rings. The molecule has 0 atom stereocenters. The fourth-order valence-electron chi connectivity index (χ4n) is 0. The fourth-order valence-corrected chi connectivity index (χ4v) is 0. The summed E-state index contributed by atoms with van der Waals surface area (Å²) in [5.74, 6) is 0. The zero-order chi connectivity index (χ0) is 7.15. The Balaban J connectivity index is -0.00000000600. The Morgan fingerprint density at radius 2 is 1.10 bits per heavy atom. The van der Waals surface area contributed by atoms with Crippen LogP contribution in [0.5, 0.6) is 0 Å². The average molecular weight is 161 g/mol. The van der Waals surface area contributed by atoms with Crippen molar-refractivity contribution in [3.05, 3.63) is 25.4 Å². The van der Waals surface area contributed by atoms with Gasteiger partial charge < -0.3 is 20.5 Å². The van der Waals surface area contributed by atoms with Crippen molar-refractivity contribution in [3.63, 3.8) is 0 Å². The highest BCUT2D eigenvalue weighted by molar-refractivity contribution is 4.03. The first-order chi connectivity index (χ1) is 3.46. The van der Waals surface area contributed by atoms with Gasteiger partial charge in [0.2, 0.25) is 0 Å². The van der Waals surface area contributed by atoms with E-state index in [1.807, 2.05) is 0 Å². The Labute approximate surface area is 62.9 Å². The van der Waals surface area contributed by atoms with Crippen molar-refractivity contribution in [1.82, 2.24) is 0 Å². The van der Waals surface area contributed by atoms with E-state index in [2.05, 4.69) is 0 Å². The summed E-state index contributed by atoms with van der Waals surface area (Å²) in [6.45, 7) is 0. The highest BCUT2D eigenvalue weighted by atomic mass is 16.9. The average Bonchev–Trinajstić information content (AvgIpc) is 1.25. The van der Waals surface area contributed by atoms with Crippen LogP contribution in [0.1, 0.15) is 20.6 Å². The van der Waals surface area contributed by atoms with Crippen LogP contribution in [0, 0.1) is 25.4 Å². The minimum absolute atomic E-state index is 0. The van der Waals surface area contributed by atoms with E-state index >= 15 is 0 Å². The SMILES string of the molecule is C.C.O=[N+]([O-])O.O=[N+]([O-])[O-].[H+].[H+].[H+].[H+]. The van der Waals surface area contributed by atoms with E-state index in [1.54, 1.807) is 0 Å². The van der Waals surface area contributed by atoms with Gasteiger partial charge in [0, 0.05) is 0 Å². The summed E-state index contributed by atoms with van der Waals surface area (Å²) in [5.41, 5.74) is 0. The molecule has 0 saturated carbocycles. The maximum absolute atomic E-state index is 8.36. The Bertz CT molecular complexity index is 83.8. The van der Waals surface area contributed by atoms with Gasteiger partial charge in [0.25, 0.3) is 5.09 Å². The predicted octanol–water partition coefficient (Wildman–Crippen LogP) is 1.14. The molecule has 10 heavy (non-hydrogen) atoms. The molecule has 0 aliphatic heterocycles. The minimum atomic E-state index is -1.75. The van der Waals surface area contributed by atoms with Gasteiger partial charge in [-0.15, -0.1) is 10.1 Å². The molecule has 0 fully saturated rings. The van der Waals surface area contributed by atoms with Gasteiger partial charge in [-0.25, -0.2) is 0 Å². The van der Waals surface area contributed by atoms with Crippen molar-refractivity contribution in [1.29, 1.82) is 0 Å². The minimum Gasteiger partial charge on any atom is -0.356 e. The van der Waals surface area contributed by atoms with Crippen LogP contribution in [0.3, 0.4) is 0 Å². The lowest BCUT2D eigenvalue weighted by atomic mass is 12.0. The van der Waals surface area contributed by atoms with Crippen LogP contribution in [0.2, 0.25) is 0 Å². The van der Waals surface area contributed by atoms with Crippen LogP contribution in [0.4, 0.5) is 0 Å². The van der Waals surface area contributed by atoms with Gasteiger partial charge in [0.1, 0.15) is 0 Å². The van der Waals surface area contributed by atoms with Crippen LogP contribution in [0.25, 0.3) is 0 Å². The van der Waals surface area contributed by atoms with E-state index in [0.717, 1.165) is 0 Å². The first kappa shape index (κ1) is 23.8. The molecule has 0 aromatic carbocycles. The number of hydrogen-bond donors (Lipinski definition) is 1. The van der Waals surface area contributed by atoms with E-state index in [4.69, 9.17) is 30.6 Å². The summed E-state index contributed by atoms with van der Waals surface area (Å²) in [5, 5.41) is 28.4. The summed E-state index contributed by atoms with van der Waals surface area (Å²) in [6, 6.07) is 0. The van der Waals surface area contributed by atoms with Crippen molar-refractivity contribution < 1.29 is 21.1 Å². The predicted molar refractivity (Wildman–Crippen MR) is 37.1 cm³/mol. The first-order valence-corrected chi connectivity index (χ1v) is 1.11. The van der Waals surface area contributed by atoms with Gasteiger partial charge in [-0.2, -0.15) is 0 Å². The quantitative estimate of drug-likeness (QED) is 0.418. The van der Waals surface area contributed by atoms with E-state index in [-0.39, 0.29) is 20.6 Å². The Kier molecular flexibility index (Phi) is 37.2. The molecule has 0 heterocycles. The summed E-state index contributed by atoms with van der Waals surface area (Å²) in [7, 11) is 0. The third-order valence-corrected chi connectivity index (χ3v) is 0. The van der Waals surface area contributed by atoms with Gasteiger partial charge in [-0.3, -0.25) is 0 Å². The van der Waals surface area contributed by atoms with Gasteiger partial charge in [-0.05, 0) is 0 Å². The lowest BCUT2D eigenvalue weighted by molar-refractivity contribution is -0.742. The highest BCUT2D eigenvalue weighted by Gasteiger charge is 1.65. The molecule has 1 N–H and O–H groups in total. The molecule has 0 aromatic rings. The zero-order valence-corrected chi connectivity index (χ0v) is 3.38. The normalized spacial score (nSPS) is 4.80. The van der Waals surface area contributed by atoms with Crippen molar-refractivity contribution in [3.8, 4) is 0 Å².